The first-order valence-corrected chi connectivity index (χ1v) is 5.32. The molecule has 0 radical (unpaired) electrons. The van der Waals surface area contributed by atoms with E-state index < -0.39 is 0 Å². The van der Waals surface area contributed by atoms with Gasteiger partial charge in [0.05, 0.1) is 29.5 Å². The highest BCUT2D eigenvalue weighted by molar-refractivity contribution is 5.56. The lowest BCUT2D eigenvalue weighted by atomic mass is 9.90. The van der Waals surface area contributed by atoms with Crippen molar-refractivity contribution in [2.45, 2.75) is 33.1 Å². The van der Waals surface area contributed by atoms with Crippen molar-refractivity contribution in [3.05, 3.63) is 30.0 Å². The molecule has 0 saturated heterocycles. The Morgan fingerprint density at radius 2 is 1.94 bits per heavy atom. The number of hydrogen-bond donors (Lipinski definition) is 1. The summed E-state index contributed by atoms with van der Waals surface area (Å²) in [7, 11) is 0. The van der Waals surface area contributed by atoms with Gasteiger partial charge in [-0.1, -0.05) is 20.8 Å². The average molecular weight is 216 g/mol. The van der Waals surface area contributed by atoms with Crippen molar-refractivity contribution in [3.63, 3.8) is 0 Å². The molecule has 84 valence electrons. The van der Waals surface area contributed by atoms with Gasteiger partial charge in [0.1, 0.15) is 0 Å². The van der Waals surface area contributed by atoms with Crippen LogP contribution >= 0.6 is 0 Å². The first-order valence-electron chi connectivity index (χ1n) is 5.32. The lowest BCUT2D eigenvalue weighted by Crippen LogP contribution is -2.16. The molecule has 0 aromatic carbocycles. The lowest BCUT2D eigenvalue weighted by molar-refractivity contribution is 0.560. The number of rotatable bonds is 1. The van der Waals surface area contributed by atoms with Gasteiger partial charge in [-0.05, 0) is 6.92 Å². The third kappa shape index (κ3) is 1.96. The van der Waals surface area contributed by atoms with E-state index in [4.69, 9.17) is 0 Å². The predicted molar refractivity (Wildman–Crippen MR) is 63.1 cm³/mol. The molecule has 0 fully saturated rings. The molecule has 1 N–H and O–H groups in total. The van der Waals surface area contributed by atoms with Gasteiger partial charge in [-0.3, -0.25) is 10.1 Å². The Morgan fingerprint density at radius 3 is 2.50 bits per heavy atom. The van der Waals surface area contributed by atoms with Crippen LogP contribution in [0.4, 0.5) is 0 Å². The zero-order valence-corrected chi connectivity index (χ0v) is 10.1. The molecule has 0 unspecified atom stereocenters. The Balaban J connectivity index is 2.52. The van der Waals surface area contributed by atoms with Gasteiger partial charge >= 0.3 is 0 Å². The van der Waals surface area contributed by atoms with Crippen LogP contribution in [0.25, 0.3) is 11.3 Å². The van der Waals surface area contributed by atoms with E-state index in [1.807, 2.05) is 13.1 Å². The van der Waals surface area contributed by atoms with Crippen molar-refractivity contribution in [2.24, 2.45) is 0 Å². The molecule has 0 atom stereocenters. The maximum Gasteiger partial charge on any atom is 0.0920 e. The van der Waals surface area contributed by atoms with Crippen LogP contribution in [0.1, 0.15) is 32.2 Å². The van der Waals surface area contributed by atoms with E-state index in [9.17, 15) is 0 Å². The molecule has 0 amide bonds. The molecule has 2 heterocycles. The molecular weight excluding hydrogens is 200 g/mol. The van der Waals surface area contributed by atoms with Crippen LogP contribution in [-0.4, -0.2) is 20.2 Å². The Morgan fingerprint density at radius 1 is 1.19 bits per heavy atom. The quantitative estimate of drug-likeness (QED) is 0.796. The van der Waals surface area contributed by atoms with E-state index in [0.717, 1.165) is 22.6 Å². The van der Waals surface area contributed by atoms with Gasteiger partial charge in [-0.25, -0.2) is 4.98 Å². The molecule has 0 aliphatic heterocycles. The van der Waals surface area contributed by atoms with E-state index in [1.165, 1.54) is 0 Å². The summed E-state index contributed by atoms with van der Waals surface area (Å²) in [6.07, 6.45) is 5.37. The first kappa shape index (κ1) is 10.8. The Hall–Kier alpha value is -1.71. The van der Waals surface area contributed by atoms with Crippen molar-refractivity contribution < 1.29 is 0 Å². The van der Waals surface area contributed by atoms with Gasteiger partial charge in [0.2, 0.25) is 0 Å². The van der Waals surface area contributed by atoms with Crippen molar-refractivity contribution in [2.75, 3.05) is 0 Å². The molecule has 0 spiro atoms. The van der Waals surface area contributed by atoms with Gasteiger partial charge < -0.3 is 0 Å². The maximum absolute atomic E-state index is 4.66. The fourth-order valence-corrected chi connectivity index (χ4v) is 1.69. The highest BCUT2D eigenvalue weighted by Gasteiger charge is 2.19. The summed E-state index contributed by atoms with van der Waals surface area (Å²) in [6.45, 7) is 8.42. The van der Waals surface area contributed by atoms with Crippen LogP contribution in [-0.2, 0) is 5.41 Å². The number of nitrogens with one attached hydrogen (secondary N) is 1. The monoisotopic (exact) mass is 216 g/mol. The summed E-state index contributed by atoms with van der Waals surface area (Å²) in [5, 5.41) is 6.70. The molecule has 4 heteroatoms. The van der Waals surface area contributed by atoms with Crippen molar-refractivity contribution >= 4 is 0 Å². The van der Waals surface area contributed by atoms with E-state index in [0.29, 0.717) is 0 Å². The Labute approximate surface area is 95.1 Å². The summed E-state index contributed by atoms with van der Waals surface area (Å²) in [6, 6.07) is 0. The van der Waals surface area contributed by atoms with Crippen LogP contribution in [0.2, 0.25) is 0 Å². The highest BCUT2D eigenvalue weighted by atomic mass is 15.1. The smallest absolute Gasteiger partial charge is 0.0920 e. The van der Waals surface area contributed by atoms with Gasteiger partial charge in [-0.2, -0.15) is 5.10 Å². The molecule has 2 rings (SSSR count). The number of nitrogens with zero attached hydrogens (tertiary/aromatic N) is 3. The average Bonchev–Trinajstić information content (AvgIpc) is 2.69. The lowest BCUT2D eigenvalue weighted by Gasteiger charge is -2.19. The third-order valence-corrected chi connectivity index (χ3v) is 2.46. The first-order chi connectivity index (χ1) is 7.48. The molecule has 4 nitrogen and oxygen atoms in total. The normalized spacial score (nSPS) is 11.8. The van der Waals surface area contributed by atoms with Crippen molar-refractivity contribution in [3.8, 4) is 11.3 Å². The highest BCUT2D eigenvalue weighted by Crippen LogP contribution is 2.25. The summed E-state index contributed by atoms with van der Waals surface area (Å²) in [4.78, 5) is 9.06. The molecule has 0 aliphatic carbocycles. The van der Waals surface area contributed by atoms with Crippen molar-refractivity contribution in [1.29, 1.82) is 0 Å². The largest absolute Gasteiger partial charge is 0.285 e. The number of aromatic amines is 1. The van der Waals surface area contributed by atoms with Crippen LogP contribution in [0, 0.1) is 6.92 Å². The topological polar surface area (TPSA) is 54.5 Å². The second-order valence-corrected chi connectivity index (χ2v) is 4.93. The molecular formula is C12H16N4. The second-order valence-electron chi connectivity index (χ2n) is 4.93. The Bertz CT molecular complexity index is 480. The van der Waals surface area contributed by atoms with E-state index in [-0.39, 0.29) is 5.41 Å². The van der Waals surface area contributed by atoms with Crippen LogP contribution in [0.3, 0.4) is 0 Å². The minimum absolute atomic E-state index is 0.0107. The fraction of sp³-hybridized carbons (Fsp3) is 0.417. The van der Waals surface area contributed by atoms with Crippen LogP contribution in [0.5, 0.6) is 0 Å². The predicted octanol–water partition coefficient (Wildman–Crippen LogP) is 2.47. The van der Waals surface area contributed by atoms with Crippen LogP contribution in [0.15, 0.2) is 18.6 Å². The number of hydrogen-bond acceptors (Lipinski definition) is 3. The minimum atomic E-state index is 0.0107. The standard InChI is InChI=1S/C12H16N4/c1-8-11(12(2,3)4)16-10(7-13-8)9-5-14-15-6-9/h5-7H,1-4H3,(H,14,15). The van der Waals surface area contributed by atoms with E-state index in [2.05, 4.69) is 40.9 Å². The third-order valence-electron chi connectivity index (χ3n) is 2.46. The molecule has 0 bridgehead atoms. The SMILES string of the molecule is Cc1ncc(-c2cn[nH]c2)nc1C(C)(C)C. The summed E-state index contributed by atoms with van der Waals surface area (Å²) < 4.78 is 0. The van der Waals surface area contributed by atoms with Gasteiger partial charge in [0.25, 0.3) is 0 Å². The fourth-order valence-electron chi connectivity index (χ4n) is 1.69. The van der Waals surface area contributed by atoms with Gasteiger partial charge in [0.15, 0.2) is 0 Å². The second kappa shape index (κ2) is 3.70. The van der Waals surface area contributed by atoms with Gasteiger partial charge in [0, 0.05) is 17.2 Å². The van der Waals surface area contributed by atoms with E-state index in [1.54, 1.807) is 12.4 Å². The molecule has 2 aromatic rings. The Kier molecular flexibility index (Phi) is 2.50. The number of aromatic nitrogens is 4. The molecule has 2 aromatic heterocycles. The maximum atomic E-state index is 4.66. The number of aryl methyl sites for hydroxylation is 1. The molecule has 0 aliphatic rings. The molecule has 0 saturated carbocycles. The van der Waals surface area contributed by atoms with E-state index >= 15 is 0 Å². The number of H-pyrrole nitrogens is 1. The minimum Gasteiger partial charge on any atom is -0.285 e. The zero-order chi connectivity index (χ0) is 11.8. The van der Waals surface area contributed by atoms with Crippen molar-refractivity contribution in [1.82, 2.24) is 20.2 Å². The van der Waals surface area contributed by atoms with Gasteiger partial charge in [-0.15, -0.1) is 0 Å². The summed E-state index contributed by atoms with van der Waals surface area (Å²) >= 11 is 0. The summed E-state index contributed by atoms with van der Waals surface area (Å²) in [5.74, 6) is 0. The zero-order valence-electron chi connectivity index (χ0n) is 10.1. The summed E-state index contributed by atoms with van der Waals surface area (Å²) in [5.41, 5.74) is 3.87. The van der Waals surface area contributed by atoms with Crippen LogP contribution < -0.4 is 0 Å². The molecule has 16 heavy (non-hydrogen) atoms.